The molecular weight excluding hydrogens is 366 g/mol. The lowest BCUT2D eigenvalue weighted by molar-refractivity contribution is -0.141. The molecule has 2 N–H and O–H groups in total. The van der Waals surface area contributed by atoms with Crippen LogP contribution in [0.15, 0.2) is 36.7 Å². The molecule has 0 saturated carbocycles. The van der Waals surface area contributed by atoms with Gasteiger partial charge in [0.2, 0.25) is 0 Å². The summed E-state index contributed by atoms with van der Waals surface area (Å²) in [7, 11) is 1.43. The van der Waals surface area contributed by atoms with Crippen LogP contribution in [0.4, 0.5) is 17.3 Å². The summed E-state index contributed by atoms with van der Waals surface area (Å²) < 4.78 is 4.70. The summed E-state index contributed by atoms with van der Waals surface area (Å²) in [5.74, 6) is 1.35. The van der Waals surface area contributed by atoms with E-state index >= 15 is 0 Å². The number of hydrogen-bond donors (Lipinski definition) is 2. The van der Waals surface area contributed by atoms with E-state index in [0.717, 1.165) is 44.0 Å². The van der Waals surface area contributed by atoms with Crippen LogP contribution in [-0.4, -0.2) is 53.6 Å². The number of nitrogens with one attached hydrogen (secondary N) is 2. The van der Waals surface area contributed by atoms with Crippen LogP contribution in [0.3, 0.4) is 0 Å². The smallest absolute Gasteiger partial charge is 0.306 e. The van der Waals surface area contributed by atoms with Gasteiger partial charge in [0.1, 0.15) is 18.0 Å². The number of nitrogens with zero attached hydrogens (tertiary/aromatic N) is 3. The number of carbonyl (C=O) groups is 1. The van der Waals surface area contributed by atoms with Crippen LogP contribution < -0.4 is 10.6 Å². The van der Waals surface area contributed by atoms with Gasteiger partial charge in [-0.1, -0.05) is 17.7 Å². The minimum atomic E-state index is -0.157. The van der Waals surface area contributed by atoms with Crippen molar-refractivity contribution in [1.82, 2.24) is 14.9 Å². The van der Waals surface area contributed by atoms with Gasteiger partial charge in [-0.3, -0.25) is 4.79 Å². The number of hydrogen-bond acceptors (Lipinski definition) is 7. The Kier molecular flexibility index (Phi) is 6.84. The van der Waals surface area contributed by atoms with E-state index in [2.05, 4.69) is 25.5 Å². The molecule has 1 aliphatic heterocycles. The van der Waals surface area contributed by atoms with Crippen LogP contribution in [0.5, 0.6) is 0 Å². The van der Waals surface area contributed by atoms with Gasteiger partial charge in [0.25, 0.3) is 0 Å². The normalized spacial score (nSPS) is 15.3. The number of likely N-dealkylation sites (tertiary alicyclic amines) is 1. The first-order chi connectivity index (χ1) is 13.1. The third-order valence-electron chi connectivity index (χ3n) is 4.56. The molecule has 1 fully saturated rings. The lowest BCUT2D eigenvalue weighted by atomic mass is 10.0. The zero-order valence-corrected chi connectivity index (χ0v) is 16.1. The Morgan fingerprint density at radius 3 is 2.78 bits per heavy atom. The molecule has 0 amide bonds. The molecule has 144 valence electrons. The summed E-state index contributed by atoms with van der Waals surface area (Å²) in [5, 5.41) is 7.39. The van der Waals surface area contributed by atoms with E-state index in [9.17, 15) is 4.79 Å². The number of piperidine rings is 1. The first kappa shape index (κ1) is 19.4. The predicted octanol–water partition coefficient (Wildman–Crippen LogP) is 3.31. The predicted molar refractivity (Wildman–Crippen MR) is 106 cm³/mol. The van der Waals surface area contributed by atoms with Crippen LogP contribution in [-0.2, 0) is 9.53 Å². The lowest BCUT2D eigenvalue weighted by Gasteiger charge is -2.32. The van der Waals surface area contributed by atoms with Crippen molar-refractivity contribution in [1.29, 1.82) is 0 Å². The van der Waals surface area contributed by atoms with Crippen molar-refractivity contribution >= 4 is 34.9 Å². The summed E-state index contributed by atoms with van der Waals surface area (Å²) in [5.41, 5.74) is 0.881. The quantitative estimate of drug-likeness (QED) is 0.703. The molecule has 3 rings (SSSR count). The molecule has 27 heavy (non-hydrogen) atoms. The Morgan fingerprint density at radius 2 is 2.04 bits per heavy atom. The number of carbonyl (C=O) groups excluding carboxylic acids is 1. The molecule has 7 nitrogen and oxygen atoms in total. The zero-order chi connectivity index (χ0) is 19.1. The number of ether oxygens (including phenoxy) is 1. The Bertz CT molecular complexity index is 765. The highest BCUT2D eigenvalue weighted by Gasteiger charge is 2.20. The van der Waals surface area contributed by atoms with Crippen LogP contribution in [0.1, 0.15) is 19.3 Å². The molecule has 0 spiro atoms. The third-order valence-corrected chi connectivity index (χ3v) is 4.80. The first-order valence-electron chi connectivity index (χ1n) is 9.03. The van der Waals surface area contributed by atoms with Gasteiger partial charge >= 0.3 is 5.97 Å². The molecule has 0 bridgehead atoms. The van der Waals surface area contributed by atoms with E-state index in [4.69, 9.17) is 16.3 Å². The standard InChI is InChI=1S/C19H24ClN5O2/c1-27-19(26)7-10-25-8-5-15(6-9-25)23-17-12-18(22-13-21-17)24-16-4-2-3-14(20)11-16/h2-4,11-13,15H,5-10H2,1H3,(H2,21,22,23,24). The molecule has 1 saturated heterocycles. The number of methoxy groups -OCH3 is 1. The highest BCUT2D eigenvalue weighted by Crippen LogP contribution is 2.21. The fourth-order valence-corrected chi connectivity index (χ4v) is 3.27. The number of aromatic nitrogens is 2. The van der Waals surface area contributed by atoms with Gasteiger partial charge in [-0.05, 0) is 31.0 Å². The number of halogens is 1. The van der Waals surface area contributed by atoms with Gasteiger partial charge in [0, 0.05) is 42.5 Å². The maximum absolute atomic E-state index is 11.3. The van der Waals surface area contributed by atoms with Crippen molar-refractivity contribution in [2.24, 2.45) is 0 Å². The summed E-state index contributed by atoms with van der Waals surface area (Å²) in [4.78, 5) is 22.1. The van der Waals surface area contributed by atoms with Crippen molar-refractivity contribution in [3.63, 3.8) is 0 Å². The summed E-state index contributed by atoms with van der Waals surface area (Å²) in [6.45, 7) is 2.65. The molecule has 0 radical (unpaired) electrons. The zero-order valence-electron chi connectivity index (χ0n) is 15.3. The van der Waals surface area contributed by atoms with Crippen molar-refractivity contribution in [3.05, 3.63) is 41.7 Å². The van der Waals surface area contributed by atoms with E-state index < -0.39 is 0 Å². The second kappa shape index (κ2) is 9.53. The topological polar surface area (TPSA) is 79.4 Å². The average Bonchev–Trinajstić information content (AvgIpc) is 2.67. The van der Waals surface area contributed by atoms with Crippen molar-refractivity contribution in [2.45, 2.75) is 25.3 Å². The van der Waals surface area contributed by atoms with Crippen molar-refractivity contribution < 1.29 is 9.53 Å². The molecule has 2 heterocycles. The van der Waals surface area contributed by atoms with Gasteiger partial charge in [-0.25, -0.2) is 9.97 Å². The van der Waals surface area contributed by atoms with Crippen molar-refractivity contribution in [3.8, 4) is 0 Å². The van der Waals surface area contributed by atoms with Crippen molar-refractivity contribution in [2.75, 3.05) is 37.4 Å². The molecule has 0 aliphatic carbocycles. The SMILES string of the molecule is COC(=O)CCN1CCC(Nc2cc(Nc3cccc(Cl)c3)ncn2)CC1. The Balaban J connectivity index is 1.49. The highest BCUT2D eigenvalue weighted by molar-refractivity contribution is 6.30. The van der Waals surface area contributed by atoms with Gasteiger partial charge in [-0.15, -0.1) is 0 Å². The number of esters is 1. The lowest BCUT2D eigenvalue weighted by Crippen LogP contribution is -2.40. The molecule has 0 atom stereocenters. The van der Waals surface area contributed by atoms with E-state index in [-0.39, 0.29) is 5.97 Å². The van der Waals surface area contributed by atoms with Gasteiger partial charge in [-0.2, -0.15) is 0 Å². The number of rotatable bonds is 7. The van der Waals surface area contributed by atoms with Crippen LogP contribution >= 0.6 is 11.6 Å². The summed E-state index contributed by atoms with van der Waals surface area (Å²) >= 11 is 6.02. The van der Waals surface area contributed by atoms with Crippen LogP contribution in [0, 0.1) is 0 Å². The Morgan fingerprint density at radius 1 is 1.26 bits per heavy atom. The Hall–Kier alpha value is -2.38. The van der Waals surface area contributed by atoms with Gasteiger partial charge < -0.3 is 20.3 Å². The summed E-state index contributed by atoms with van der Waals surface area (Å²) in [6.07, 6.45) is 3.99. The molecule has 0 unspecified atom stereocenters. The molecular formula is C19H24ClN5O2. The third kappa shape index (κ3) is 6.08. The molecule has 8 heteroatoms. The molecule has 1 aromatic heterocycles. The minimum Gasteiger partial charge on any atom is -0.469 e. The van der Waals surface area contributed by atoms with Gasteiger partial charge in [0.05, 0.1) is 13.5 Å². The van der Waals surface area contributed by atoms with E-state index in [1.807, 2.05) is 30.3 Å². The van der Waals surface area contributed by atoms with Crippen LogP contribution in [0.2, 0.25) is 5.02 Å². The second-order valence-electron chi connectivity index (χ2n) is 6.51. The monoisotopic (exact) mass is 389 g/mol. The van der Waals surface area contributed by atoms with E-state index in [1.54, 1.807) is 6.33 Å². The Labute approximate surface area is 164 Å². The maximum atomic E-state index is 11.3. The van der Waals surface area contributed by atoms with Crippen LogP contribution in [0.25, 0.3) is 0 Å². The van der Waals surface area contributed by atoms with Gasteiger partial charge in [0.15, 0.2) is 0 Å². The summed E-state index contributed by atoms with van der Waals surface area (Å²) in [6, 6.07) is 9.75. The maximum Gasteiger partial charge on any atom is 0.306 e. The van der Waals surface area contributed by atoms with E-state index in [0.29, 0.717) is 23.3 Å². The number of anilines is 3. The highest BCUT2D eigenvalue weighted by atomic mass is 35.5. The fourth-order valence-electron chi connectivity index (χ4n) is 3.08. The fraction of sp³-hybridized carbons (Fsp3) is 0.421. The second-order valence-corrected chi connectivity index (χ2v) is 6.95. The molecule has 1 aliphatic rings. The molecule has 1 aromatic carbocycles. The minimum absolute atomic E-state index is 0.157. The molecule has 2 aromatic rings. The largest absolute Gasteiger partial charge is 0.469 e. The average molecular weight is 390 g/mol. The first-order valence-corrected chi connectivity index (χ1v) is 9.40. The van der Waals surface area contributed by atoms with E-state index in [1.165, 1.54) is 7.11 Å². The number of benzene rings is 1.